The molecule has 0 spiro atoms. The average Bonchev–Trinajstić information content (AvgIpc) is 3.13. The van der Waals surface area contributed by atoms with Gasteiger partial charge in [0, 0.05) is 12.3 Å². The van der Waals surface area contributed by atoms with Crippen LogP contribution in [0.2, 0.25) is 0 Å². The minimum atomic E-state index is 0.374. The van der Waals surface area contributed by atoms with Gasteiger partial charge in [0.2, 0.25) is 0 Å². The molecule has 0 fully saturated rings. The normalized spacial score (nSPS) is 10.9. The SMILES string of the molecule is C=CCn1c(COc2ccc(C)cc2)nnc1SCc1cccc2ccccc12. The number of nitrogens with zero attached hydrogens (tertiary/aromatic N) is 3. The number of hydrogen-bond acceptors (Lipinski definition) is 4. The van der Waals surface area contributed by atoms with Gasteiger partial charge in [-0.05, 0) is 35.4 Å². The Hall–Kier alpha value is -3.05. The van der Waals surface area contributed by atoms with Crippen molar-refractivity contribution < 1.29 is 4.74 Å². The first-order valence-corrected chi connectivity index (χ1v) is 10.5. The molecule has 4 nitrogen and oxygen atoms in total. The third-order valence-electron chi connectivity index (χ3n) is 4.73. The molecule has 4 aromatic rings. The van der Waals surface area contributed by atoms with Gasteiger partial charge in [-0.25, -0.2) is 0 Å². The number of hydrogen-bond donors (Lipinski definition) is 0. The van der Waals surface area contributed by atoms with Crippen LogP contribution in [0.3, 0.4) is 0 Å². The van der Waals surface area contributed by atoms with Crippen LogP contribution < -0.4 is 4.74 Å². The highest BCUT2D eigenvalue weighted by Crippen LogP contribution is 2.27. The molecule has 0 unspecified atom stereocenters. The van der Waals surface area contributed by atoms with Crippen molar-refractivity contribution in [1.82, 2.24) is 14.8 Å². The molecule has 5 heteroatoms. The minimum absolute atomic E-state index is 0.374. The van der Waals surface area contributed by atoms with Crippen LogP contribution in [0.25, 0.3) is 10.8 Å². The molecule has 0 N–H and O–H groups in total. The first kappa shape index (κ1) is 19.3. The summed E-state index contributed by atoms with van der Waals surface area (Å²) in [4.78, 5) is 0. The highest BCUT2D eigenvalue weighted by Gasteiger charge is 2.13. The predicted molar refractivity (Wildman–Crippen MR) is 119 cm³/mol. The highest BCUT2D eigenvalue weighted by atomic mass is 32.2. The van der Waals surface area contributed by atoms with Crippen LogP contribution in [0.5, 0.6) is 5.75 Å². The maximum atomic E-state index is 5.90. The number of ether oxygens (including phenoxy) is 1. The highest BCUT2D eigenvalue weighted by molar-refractivity contribution is 7.98. The van der Waals surface area contributed by atoms with Crippen LogP contribution in [0.1, 0.15) is 17.0 Å². The summed E-state index contributed by atoms with van der Waals surface area (Å²) in [6.07, 6.45) is 1.86. The molecule has 3 aromatic carbocycles. The molecule has 0 aliphatic rings. The summed E-state index contributed by atoms with van der Waals surface area (Å²) in [6, 6.07) is 22.9. The van der Waals surface area contributed by atoms with Crippen LogP contribution >= 0.6 is 11.8 Å². The Bertz CT molecular complexity index is 1110. The van der Waals surface area contributed by atoms with Gasteiger partial charge in [0.05, 0.1) is 0 Å². The Morgan fingerprint density at radius 2 is 1.79 bits per heavy atom. The number of allylic oxidation sites excluding steroid dienone is 1. The van der Waals surface area contributed by atoms with Crippen molar-refractivity contribution in [2.24, 2.45) is 0 Å². The molecule has 1 aromatic heterocycles. The number of fused-ring (bicyclic) bond motifs is 1. The predicted octanol–water partition coefficient (Wildman–Crippen LogP) is 5.80. The van der Waals surface area contributed by atoms with E-state index in [1.54, 1.807) is 11.8 Å². The van der Waals surface area contributed by atoms with Crippen molar-refractivity contribution in [2.75, 3.05) is 0 Å². The first-order valence-electron chi connectivity index (χ1n) is 9.56. The number of thioether (sulfide) groups is 1. The van der Waals surface area contributed by atoms with Crippen molar-refractivity contribution >= 4 is 22.5 Å². The number of aryl methyl sites for hydroxylation is 1. The van der Waals surface area contributed by atoms with Gasteiger partial charge in [-0.15, -0.1) is 16.8 Å². The van der Waals surface area contributed by atoms with Crippen LogP contribution in [-0.2, 0) is 18.9 Å². The van der Waals surface area contributed by atoms with Gasteiger partial charge in [0.25, 0.3) is 0 Å². The minimum Gasteiger partial charge on any atom is -0.486 e. The molecule has 0 bridgehead atoms. The van der Waals surface area contributed by atoms with E-state index in [4.69, 9.17) is 4.74 Å². The Morgan fingerprint density at radius 1 is 1.00 bits per heavy atom. The van der Waals surface area contributed by atoms with Crippen LogP contribution in [-0.4, -0.2) is 14.8 Å². The topological polar surface area (TPSA) is 39.9 Å². The Labute approximate surface area is 175 Å². The molecule has 0 saturated heterocycles. The van der Waals surface area contributed by atoms with Gasteiger partial charge in [0.1, 0.15) is 12.4 Å². The van der Waals surface area contributed by atoms with Crippen LogP contribution in [0.15, 0.2) is 84.5 Å². The lowest BCUT2D eigenvalue weighted by molar-refractivity contribution is 0.289. The van der Waals surface area contributed by atoms with Crippen molar-refractivity contribution in [3.05, 3.63) is 96.3 Å². The zero-order valence-corrected chi connectivity index (χ0v) is 17.2. The molecular weight excluding hydrogens is 378 g/mol. The molecule has 0 atom stereocenters. The maximum absolute atomic E-state index is 5.90. The van der Waals surface area contributed by atoms with Gasteiger partial charge in [-0.2, -0.15) is 0 Å². The summed E-state index contributed by atoms with van der Waals surface area (Å²) in [7, 11) is 0. The van der Waals surface area contributed by atoms with E-state index in [-0.39, 0.29) is 0 Å². The molecule has 29 heavy (non-hydrogen) atoms. The van der Waals surface area contributed by atoms with E-state index >= 15 is 0 Å². The molecule has 0 saturated carbocycles. The second kappa shape index (κ2) is 8.97. The Balaban J connectivity index is 1.50. The van der Waals surface area contributed by atoms with Crippen molar-refractivity contribution in [1.29, 1.82) is 0 Å². The summed E-state index contributed by atoms with van der Waals surface area (Å²) in [6.45, 7) is 6.96. The first-order chi connectivity index (χ1) is 14.2. The molecule has 0 aliphatic carbocycles. The zero-order chi connectivity index (χ0) is 20.1. The van der Waals surface area contributed by atoms with E-state index in [0.717, 1.165) is 22.5 Å². The fraction of sp³-hybridized carbons (Fsp3) is 0.167. The number of benzene rings is 3. The Kier molecular flexibility index (Phi) is 5.96. The summed E-state index contributed by atoms with van der Waals surface area (Å²) in [5, 5.41) is 12.2. The summed E-state index contributed by atoms with van der Waals surface area (Å²) in [5.41, 5.74) is 2.50. The fourth-order valence-electron chi connectivity index (χ4n) is 3.19. The molecule has 1 heterocycles. The fourth-order valence-corrected chi connectivity index (χ4v) is 4.16. The van der Waals surface area contributed by atoms with Crippen LogP contribution in [0, 0.1) is 6.92 Å². The summed E-state index contributed by atoms with van der Waals surface area (Å²) in [5.74, 6) is 2.45. The smallest absolute Gasteiger partial charge is 0.191 e. The quantitative estimate of drug-likeness (QED) is 0.276. The van der Waals surface area contributed by atoms with E-state index in [9.17, 15) is 0 Å². The third kappa shape index (κ3) is 4.51. The Morgan fingerprint density at radius 3 is 2.62 bits per heavy atom. The molecule has 0 amide bonds. The van der Waals surface area contributed by atoms with Gasteiger partial charge in [-0.3, -0.25) is 4.57 Å². The average molecular weight is 402 g/mol. The second-order valence-corrected chi connectivity index (χ2v) is 7.77. The van der Waals surface area contributed by atoms with Crippen LogP contribution in [0.4, 0.5) is 0 Å². The van der Waals surface area contributed by atoms with Gasteiger partial charge < -0.3 is 4.74 Å². The molecular formula is C24H23N3OS. The second-order valence-electron chi connectivity index (χ2n) is 6.83. The van der Waals surface area contributed by atoms with Gasteiger partial charge in [-0.1, -0.05) is 78.0 Å². The van der Waals surface area contributed by atoms with Gasteiger partial charge in [0.15, 0.2) is 11.0 Å². The van der Waals surface area contributed by atoms with Crippen molar-refractivity contribution in [3.63, 3.8) is 0 Å². The monoisotopic (exact) mass is 401 g/mol. The van der Waals surface area contributed by atoms with E-state index in [0.29, 0.717) is 13.2 Å². The van der Waals surface area contributed by atoms with Crippen molar-refractivity contribution in [3.8, 4) is 5.75 Å². The lowest BCUT2D eigenvalue weighted by Crippen LogP contribution is -2.07. The van der Waals surface area contributed by atoms with E-state index < -0.39 is 0 Å². The summed E-state index contributed by atoms with van der Waals surface area (Å²) >= 11 is 1.69. The number of aromatic nitrogens is 3. The molecule has 4 rings (SSSR count). The van der Waals surface area contributed by atoms with E-state index in [1.165, 1.54) is 21.9 Å². The standard InChI is InChI=1S/C24H23N3OS/c1-3-15-27-23(16-28-21-13-11-18(2)12-14-21)25-26-24(27)29-17-20-9-6-8-19-7-4-5-10-22(19)20/h3-14H,1,15-17H2,2H3. The molecule has 146 valence electrons. The van der Waals surface area contributed by atoms with E-state index in [2.05, 4.69) is 70.7 Å². The largest absolute Gasteiger partial charge is 0.486 e. The van der Waals surface area contributed by atoms with Gasteiger partial charge >= 0.3 is 0 Å². The van der Waals surface area contributed by atoms with Crippen molar-refractivity contribution in [2.45, 2.75) is 31.0 Å². The third-order valence-corrected chi connectivity index (χ3v) is 5.75. The lowest BCUT2D eigenvalue weighted by atomic mass is 10.1. The maximum Gasteiger partial charge on any atom is 0.191 e. The molecule has 0 radical (unpaired) electrons. The summed E-state index contributed by atoms with van der Waals surface area (Å²) < 4.78 is 7.97. The zero-order valence-electron chi connectivity index (χ0n) is 16.4. The number of rotatable bonds is 8. The molecule has 0 aliphatic heterocycles. The van der Waals surface area contributed by atoms with E-state index in [1.807, 2.05) is 30.3 Å². The lowest BCUT2D eigenvalue weighted by Gasteiger charge is -2.10.